The van der Waals surface area contributed by atoms with Crippen LogP contribution in [0.25, 0.3) is 0 Å². The lowest BCUT2D eigenvalue weighted by molar-refractivity contribution is 0.0263. The first-order valence-corrected chi connectivity index (χ1v) is 7.72. The Balaban J connectivity index is 2.04. The average molecular weight is 306 g/mol. The van der Waals surface area contributed by atoms with Crippen molar-refractivity contribution in [1.82, 2.24) is 9.88 Å². The van der Waals surface area contributed by atoms with Gasteiger partial charge in [0.25, 0.3) is 0 Å². The van der Waals surface area contributed by atoms with Gasteiger partial charge in [0.2, 0.25) is 0 Å². The standard InChI is InChI=1S/C16H26N4O2/c1-12-6-7-18-14(13(12)17)19-8-5-9-20(11-10-19)15(21)22-16(2,3)4/h6-7H,5,8-11,17H2,1-4H3. The summed E-state index contributed by atoms with van der Waals surface area (Å²) in [7, 11) is 0. The molecule has 1 aliphatic heterocycles. The monoisotopic (exact) mass is 306 g/mol. The second kappa shape index (κ2) is 6.42. The lowest BCUT2D eigenvalue weighted by Crippen LogP contribution is -2.39. The second-order valence-corrected chi connectivity index (χ2v) is 6.67. The Morgan fingerprint density at radius 3 is 2.68 bits per heavy atom. The molecular formula is C16H26N4O2. The van der Waals surface area contributed by atoms with E-state index >= 15 is 0 Å². The quantitative estimate of drug-likeness (QED) is 0.862. The molecule has 2 rings (SSSR count). The number of hydrogen-bond acceptors (Lipinski definition) is 5. The summed E-state index contributed by atoms with van der Waals surface area (Å²) in [6, 6.07) is 1.91. The smallest absolute Gasteiger partial charge is 0.410 e. The molecule has 0 atom stereocenters. The van der Waals surface area contributed by atoms with Gasteiger partial charge in [0.15, 0.2) is 5.82 Å². The van der Waals surface area contributed by atoms with Crippen molar-refractivity contribution in [2.75, 3.05) is 36.8 Å². The van der Waals surface area contributed by atoms with E-state index < -0.39 is 5.60 Å². The van der Waals surface area contributed by atoms with Gasteiger partial charge in [0.1, 0.15) is 5.60 Å². The third-order valence-electron chi connectivity index (χ3n) is 3.63. The fraction of sp³-hybridized carbons (Fsp3) is 0.625. The largest absolute Gasteiger partial charge is 0.444 e. The zero-order chi connectivity index (χ0) is 16.3. The van der Waals surface area contributed by atoms with Crippen molar-refractivity contribution >= 4 is 17.6 Å². The molecular weight excluding hydrogens is 280 g/mol. The number of rotatable bonds is 1. The molecule has 1 saturated heterocycles. The highest BCUT2D eigenvalue weighted by Crippen LogP contribution is 2.24. The normalized spacial score (nSPS) is 16.4. The number of anilines is 2. The SMILES string of the molecule is Cc1ccnc(N2CCCN(C(=O)OC(C)(C)C)CC2)c1N. The maximum atomic E-state index is 12.2. The van der Waals surface area contributed by atoms with E-state index in [0.29, 0.717) is 25.3 Å². The number of pyridine rings is 1. The van der Waals surface area contributed by atoms with Crippen molar-refractivity contribution in [2.24, 2.45) is 0 Å². The van der Waals surface area contributed by atoms with Crippen LogP contribution in [0.3, 0.4) is 0 Å². The Hall–Kier alpha value is -1.98. The van der Waals surface area contributed by atoms with Gasteiger partial charge in [-0.25, -0.2) is 9.78 Å². The van der Waals surface area contributed by atoms with E-state index in [4.69, 9.17) is 10.5 Å². The number of nitrogen functional groups attached to an aromatic ring is 1. The number of carbonyl (C=O) groups excluding carboxylic acids is 1. The zero-order valence-electron chi connectivity index (χ0n) is 13.9. The van der Waals surface area contributed by atoms with Crippen molar-refractivity contribution in [3.63, 3.8) is 0 Å². The lowest BCUT2D eigenvalue weighted by Gasteiger charge is -2.27. The highest BCUT2D eigenvalue weighted by Gasteiger charge is 2.25. The van der Waals surface area contributed by atoms with Crippen LogP contribution in [0.2, 0.25) is 0 Å². The van der Waals surface area contributed by atoms with Gasteiger partial charge in [-0.3, -0.25) is 0 Å². The lowest BCUT2D eigenvalue weighted by atomic mass is 10.2. The minimum atomic E-state index is -0.467. The van der Waals surface area contributed by atoms with E-state index in [1.165, 1.54) is 0 Å². The van der Waals surface area contributed by atoms with E-state index in [9.17, 15) is 4.79 Å². The predicted octanol–water partition coefficient (Wildman–Crippen LogP) is 2.42. The molecule has 1 fully saturated rings. The number of ether oxygens (including phenoxy) is 1. The van der Waals surface area contributed by atoms with Gasteiger partial charge in [-0.15, -0.1) is 0 Å². The van der Waals surface area contributed by atoms with Crippen LogP contribution >= 0.6 is 0 Å². The minimum Gasteiger partial charge on any atom is -0.444 e. The molecule has 0 spiro atoms. The van der Waals surface area contributed by atoms with Gasteiger partial charge in [-0.2, -0.15) is 0 Å². The fourth-order valence-electron chi connectivity index (χ4n) is 2.45. The maximum Gasteiger partial charge on any atom is 0.410 e. The first-order chi connectivity index (χ1) is 10.3. The first-order valence-electron chi connectivity index (χ1n) is 7.72. The van der Waals surface area contributed by atoms with Gasteiger partial charge in [-0.1, -0.05) is 0 Å². The molecule has 0 saturated carbocycles. The molecule has 6 heteroatoms. The van der Waals surface area contributed by atoms with Crippen molar-refractivity contribution in [3.05, 3.63) is 17.8 Å². The number of amides is 1. The number of nitrogens with zero attached hydrogens (tertiary/aromatic N) is 3. The fourth-order valence-corrected chi connectivity index (χ4v) is 2.45. The Morgan fingerprint density at radius 2 is 2.00 bits per heavy atom. The molecule has 6 nitrogen and oxygen atoms in total. The molecule has 122 valence electrons. The molecule has 0 bridgehead atoms. The van der Waals surface area contributed by atoms with E-state index in [0.717, 1.165) is 24.3 Å². The number of hydrogen-bond donors (Lipinski definition) is 1. The van der Waals surface area contributed by atoms with Crippen molar-refractivity contribution in [2.45, 2.75) is 39.7 Å². The molecule has 1 amide bonds. The Labute approximate surface area is 132 Å². The summed E-state index contributed by atoms with van der Waals surface area (Å²) in [6.45, 7) is 10.5. The van der Waals surface area contributed by atoms with Crippen molar-refractivity contribution in [1.29, 1.82) is 0 Å². The highest BCUT2D eigenvalue weighted by atomic mass is 16.6. The van der Waals surface area contributed by atoms with Crippen LogP contribution in [0.15, 0.2) is 12.3 Å². The molecule has 0 radical (unpaired) electrons. The van der Waals surface area contributed by atoms with Crippen LogP contribution in [0, 0.1) is 6.92 Å². The third kappa shape index (κ3) is 4.02. The predicted molar refractivity (Wildman–Crippen MR) is 88.0 cm³/mol. The molecule has 1 aromatic rings. The molecule has 1 aromatic heterocycles. The summed E-state index contributed by atoms with van der Waals surface area (Å²) < 4.78 is 5.44. The van der Waals surface area contributed by atoms with E-state index in [-0.39, 0.29) is 6.09 Å². The number of aromatic nitrogens is 1. The topological polar surface area (TPSA) is 71.7 Å². The highest BCUT2D eigenvalue weighted by molar-refractivity contribution is 5.69. The molecule has 1 aliphatic rings. The van der Waals surface area contributed by atoms with E-state index in [1.54, 1.807) is 11.1 Å². The van der Waals surface area contributed by atoms with Crippen molar-refractivity contribution < 1.29 is 9.53 Å². The Kier molecular flexibility index (Phi) is 4.78. The van der Waals surface area contributed by atoms with E-state index in [1.807, 2.05) is 33.8 Å². The summed E-state index contributed by atoms with van der Waals surface area (Å²) in [4.78, 5) is 20.5. The Morgan fingerprint density at radius 1 is 1.27 bits per heavy atom. The van der Waals surface area contributed by atoms with Crippen LogP contribution in [-0.4, -0.2) is 47.8 Å². The van der Waals surface area contributed by atoms with Crippen LogP contribution in [0.1, 0.15) is 32.8 Å². The summed E-state index contributed by atoms with van der Waals surface area (Å²) in [5.74, 6) is 0.811. The first kappa shape index (κ1) is 16.4. The number of nitrogens with two attached hydrogens (primary N) is 1. The molecule has 0 unspecified atom stereocenters. The van der Waals surface area contributed by atoms with Gasteiger partial charge >= 0.3 is 6.09 Å². The van der Waals surface area contributed by atoms with Crippen LogP contribution < -0.4 is 10.6 Å². The molecule has 2 heterocycles. The number of carbonyl (C=O) groups is 1. The molecule has 0 aromatic carbocycles. The van der Waals surface area contributed by atoms with Crippen LogP contribution in [0.4, 0.5) is 16.3 Å². The Bertz CT molecular complexity index is 539. The zero-order valence-corrected chi connectivity index (χ0v) is 13.9. The van der Waals surface area contributed by atoms with Gasteiger partial charge in [0.05, 0.1) is 5.69 Å². The van der Waals surface area contributed by atoms with Gasteiger partial charge in [0, 0.05) is 32.4 Å². The average Bonchev–Trinajstić information content (AvgIpc) is 2.66. The molecule has 22 heavy (non-hydrogen) atoms. The maximum absolute atomic E-state index is 12.2. The third-order valence-corrected chi connectivity index (χ3v) is 3.63. The number of aryl methyl sites for hydroxylation is 1. The second-order valence-electron chi connectivity index (χ2n) is 6.67. The molecule has 2 N–H and O–H groups in total. The summed E-state index contributed by atoms with van der Waals surface area (Å²) >= 11 is 0. The van der Waals surface area contributed by atoms with Crippen LogP contribution in [-0.2, 0) is 4.74 Å². The summed E-state index contributed by atoms with van der Waals surface area (Å²) in [6.07, 6.45) is 2.39. The van der Waals surface area contributed by atoms with Crippen molar-refractivity contribution in [3.8, 4) is 0 Å². The van der Waals surface area contributed by atoms with Crippen LogP contribution in [0.5, 0.6) is 0 Å². The minimum absolute atomic E-state index is 0.250. The van der Waals surface area contributed by atoms with Gasteiger partial charge < -0.3 is 20.3 Å². The summed E-state index contributed by atoms with van der Waals surface area (Å²) in [5, 5.41) is 0. The summed E-state index contributed by atoms with van der Waals surface area (Å²) in [5.41, 5.74) is 7.41. The van der Waals surface area contributed by atoms with E-state index in [2.05, 4.69) is 9.88 Å². The molecule has 0 aliphatic carbocycles. The van der Waals surface area contributed by atoms with Gasteiger partial charge in [-0.05, 0) is 45.7 Å².